The molecule has 1 amide bonds. The Morgan fingerprint density at radius 3 is 2.92 bits per heavy atom. The normalized spacial score (nSPS) is 13.6. The number of rotatable bonds is 5. The van der Waals surface area contributed by atoms with E-state index >= 15 is 0 Å². The van der Waals surface area contributed by atoms with Crippen LogP contribution in [0.5, 0.6) is 0 Å². The second-order valence-electron chi connectivity index (χ2n) is 6.49. The molecule has 0 atom stereocenters. The summed E-state index contributed by atoms with van der Waals surface area (Å²) in [5.74, 6) is 0.244. The van der Waals surface area contributed by atoms with Crippen molar-refractivity contribution in [3.8, 4) is 10.4 Å². The van der Waals surface area contributed by atoms with Crippen molar-refractivity contribution in [2.24, 2.45) is 0 Å². The summed E-state index contributed by atoms with van der Waals surface area (Å²) in [6.07, 6.45) is 5.49. The fourth-order valence-electron chi connectivity index (χ4n) is 2.91. The summed E-state index contributed by atoms with van der Waals surface area (Å²) in [6.45, 7) is 1.36. The van der Waals surface area contributed by atoms with E-state index in [-0.39, 0.29) is 5.91 Å². The number of carbonyl (C=O) groups is 1. The van der Waals surface area contributed by atoms with Crippen LogP contribution < -0.4 is 5.32 Å². The molecule has 1 aliphatic rings. The van der Waals surface area contributed by atoms with Gasteiger partial charge in [0, 0.05) is 23.9 Å². The zero-order valence-corrected chi connectivity index (χ0v) is 15.1. The number of pyridine rings is 1. The minimum Gasteiger partial charge on any atom is -0.298 e. The van der Waals surface area contributed by atoms with Gasteiger partial charge in [0.2, 0.25) is 0 Å². The van der Waals surface area contributed by atoms with Crippen molar-refractivity contribution in [2.45, 2.75) is 32.4 Å². The monoisotopic (exact) mass is 367 g/mol. The molecule has 2 aromatic heterocycles. The predicted molar refractivity (Wildman–Crippen MR) is 101 cm³/mol. The number of thiazole rings is 1. The Balaban J connectivity index is 1.66. The second kappa shape index (κ2) is 6.96. The smallest absolute Gasteiger partial charge is 0.257 e. The van der Waals surface area contributed by atoms with Crippen molar-refractivity contribution in [1.29, 1.82) is 0 Å². The Labute approximate surface area is 155 Å². The molecule has 0 unspecified atom stereocenters. The van der Waals surface area contributed by atoms with Gasteiger partial charge in [-0.3, -0.25) is 15.1 Å². The van der Waals surface area contributed by atoms with E-state index in [0.29, 0.717) is 22.2 Å². The van der Waals surface area contributed by atoms with E-state index in [9.17, 15) is 9.18 Å². The highest BCUT2D eigenvalue weighted by molar-refractivity contribution is 7.19. The number of aryl methyl sites for hydroxylation is 1. The maximum Gasteiger partial charge on any atom is 0.257 e. The van der Waals surface area contributed by atoms with Gasteiger partial charge in [-0.25, -0.2) is 9.37 Å². The number of aromatic nitrogens is 2. The number of carbonyl (C=O) groups excluding carboxylic acids is 1. The largest absolute Gasteiger partial charge is 0.298 e. The van der Waals surface area contributed by atoms with Crippen LogP contribution in [0.4, 0.5) is 9.52 Å². The fourth-order valence-corrected chi connectivity index (χ4v) is 3.96. The van der Waals surface area contributed by atoms with Crippen molar-refractivity contribution < 1.29 is 9.18 Å². The Morgan fingerprint density at radius 1 is 1.35 bits per heavy atom. The van der Waals surface area contributed by atoms with Crippen molar-refractivity contribution in [2.75, 3.05) is 5.32 Å². The number of hydrogen-bond acceptors (Lipinski definition) is 4. The summed E-state index contributed by atoms with van der Waals surface area (Å²) in [6, 6.07) is 9.16. The number of nitrogens with one attached hydrogen (secondary N) is 1. The van der Waals surface area contributed by atoms with Crippen LogP contribution in [0.2, 0.25) is 0 Å². The molecule has 6 heteroatoms. The van der Waals surface area contributed by atoms with Crippen molar-refractivity contribution in [3.63, 3.8) is 0 Å². The third kappa shape index (κ3) is 3.37. The van der Waals surface area contributed by atoms with Gasteiger partial charge in [0.25, 0.3) is 5.91 Å². The van der Waals surface area contributed by atoms with Crippen LogP contribution >= 0.6 is 11.3 Å². The van der Waals surface area contributed by atoms with Crippen LogP contribution in [-0.4, -0.2) is 15.9 Å². The lowest BCUT2D eigenvalue weighted by Gasteiger charge is -2.04. The first kappa shape index (κ1) is 16.8. The molecule has 1 aromatic carbocycles. The zero-order chi connectivity index (χ0) is 18.1. The maximum atomic E-state index is 13.0. The number of anilines is 1. The van der Waals surface area contributed by atoms with Gasteiger partial charge in [-0.15, -0.1) is 0 Å². The molecule has 0 saturated heterocycles. The van der Waals surface area contributed by atoms with E-state index < -0.39 is 6.67 Å². The summed E-state index contributed by atoms with van der Waals surface area (Å²) in [5.41, 5.74) is 4.02. The van der Waals surface area contributed by atoms with Gasteiger partial charge in [-0.2, -0.15) is 0 Å². The van der Waals surface area contributed by atoms with Crippen LogP contribution in [0.1, 0.15) is 45.9 Å². The average molecular weight is 367 g/mol. The number of alkyl halides is 1. The van der Waals surface area contributed by atoms with E-state index in [1.807, 2.05) is 25.1 Å². The summed E-state index contributed by atoms with van der Waals surface area (Å²) in [4.78, 5) is 22.3. The van der Waals surface area contributed by atoms with Gasteiger partial charge in [0.15, 0.2) is 5.13 Å². The minimum absolute atomic E-state index is 0.190. The molecule has 1 saturated carbocycles. The van der Waals surface area contributed by atoms with Gasteiger partial charge in [-0.05, 0) is 48.6 Å². The molecule has 26 heavy (non-hydrogen) atoms. The first-order valence-electron chi connectivity index (χ1n) is 8.53. The zero-order valence-electron chi connectivity index (χ0n) is 14.3. The van der Waals surface area contributed by atoms with Gasteiger partial charge in [-0.1, -0.05) is 29.5 Å². The quantitative estimate of drug-likeness (QED) is 0.681. The van der Waals surface area contributed by atoms with Gasteiger partial charge >= 0.3 is 0 Å². The molecule has 1 N–H and O–H groups in total. The lowest BCUT2D eigenvalue weighted by atomic mass is 10.1. The third-order valence-corrected chi connectivity index (χ3v) is 5.48. The molecule has 2 heterocycles. The number of benzene rings is 1. The van der Waals surface area contributed by atoms with E-state index in [1.165, 1.54) is 11.3 Å². The standard InChI is InChI=1S/C20H18FN3OS/c1-12-11-22-8-7-16(12)19(25)24-20-23-17(14-5-6-14)18(26-20)15-4-2-3-13(9-15)10-21/h2-4,7-9,11,14H,5-6,10H2,1H3,(H,23,24,25). The lowest BCUT2D eigenvalue weighted by molar-refractivity contribution is 0.102. The molecule has 3 aromatic rings. The number of amides is 1. The molecule has 1 aliphatic carbocycles. The first-order chi connectivity index (χ1) is 12.7. The highest BCUT2D eigenvalue weighted by Gasteiger charge is 2.30. The van der Waals surface area contributed by atoms with E-state index in [2.05, 4.69) is 15.3 Å². The molecule has 4 nitrogen and oxygen atoms in total. The molecule has 0 bridgehead atoms. The number of nitrogens with zero attached hydrogens (tertiary/aromatic N) is 2. The minimum atomic E-state index is -0.490. The summed E-state index contributed by atoms with van der Waals surface area (Å²) >= 11 is 1.45. The molecule has 0 radical (unpaired) electrons. The van der Waals surface area contributed by atoms with Crippen LogP contribution in [-0.2, 0) is 6.67 Å². The SMILES string of the molecule is Cc1cnccc1C(=O)Nc1nc(C2CC2)c(-c2cccc(CF)c2)s1. The molecular weight excluding hydrogens is 349 g/mol. The predicted octanol–water partition coefficient (Wildman–Crippen LogP) is 5.11. The van der Waals surface area contributed by atoms with E-state index in [1.54, 1.807) is 24.5 Å². The molecule has 0 aliphatic heterocycles. The van der Waals surface area contributed by atoms with E-state index in [0.717, 1.165) is 34.5 Å². The Hall–Kier alpha value is -2.60. The summed E-state index contributed by atoms with van der Waals surface area (Å²) in [7, 11) is 0. The van der Waals surface area contributed by atoms with Crippen molar-refractivity contribution in [3.05, 3.63) is 65.1 Å². The second-order valence-corrected chi connectivity index (χ2v) is 7.49. The molecule has 1 fully saturated rings. The highest BCUT2D eigenvalue weighted by atomic mass is 32.1. The highest BCUT2D eigenvalue weighted by Crippen LogP contribution is 2.47. The van der Waals surface area contributed by atoms with Gasteiger partial charge < -0.3 is 0 Å². The van der Waals surface area contributed by atoms with Gasteiger partial charge in [0.05, 0.1) is 10.6 Å². The van der Waals surface area contributed by atoms with E-state index in [4.69, 9.17) is 0 Å². The molecule has 4 rings (SSSR count). The summed E-state index contributed by atoms with van der Waals surface area (Å²) in [5, 5.41) is 3.49. The van der Waals surface area contributed by atoms with Crippen LogP contribution in [0.15, 0.2) is 42.7 Å². The molecule has 132 valence electrons. The molecular formula is C20H18FN3OS. The Kier molecular flexibility index (Phi) is 4.51. The topological polar surface area (TPSA) is 54.9 Å². The van der Waals surface area contributed by atoms with Gasteiger partial charge in [0.1, 0.15) is 6.67 Å². The van der Waals surface area contributed by atoms with Crippen LogP contribution in [0, 0.1) is 6.92 Å². The Bertz CT molecular complexity index is 965. The van der Waals surface area contributed by atoms with Crippen molar-refractivity contribution in [1.82, 2.24) is 9.97 Å². The molecule has 0 spiro atoms. The van der Waals surface area contributed by atoms with Crippen LogP contribution in [0.3, 0.4) is 0 Å². The maximum absolute atomic E-state index is 13.0. The average Bonchev–Trinajstić information content (AvgIpc) is 3.42. The first-order valence-corrected chi connectivity index (χ1v) is 9.35. The number of hydrogen-bond donors (Lipinski definition) is 1. The van der Waals surface area contributed by atoms with Crippen LogP contribution in [0.25, 0.3) is 10.4 Å². The lowest BCUT2D eigenvalue weighted by Crippen LogP contribution is -2.13. The van der Waals surface area contributed by atoms with Crippen molar-refractivity contribution >= 4 is 22.4 Å². The summed E-state index contributed by atoms with van der Waals surface area (Å²) < 4.78 is 13.0. The third-order valence-electron chi connectivity index (χ3n) is 4.45. The Morgan fingerprint density at radius 2 is 2.19 bits per heavy atom. The number of halogens is 1. The fraction of sp³-hybridized carbons (Fsp3) is 0.250.